The molecule has 0 saturated carbocycles. The highest BCUT2D eigenvalue weighted by Crippen LogP contribution is 2.17. The lowest BCUT2D eigenvalue weighted by Gasteiger charge is -2.33. The van der Waals surface area contributed by atoms with Crippen LogP contribution in [0.1, 0.15) is 34.6 Å². The second-order valence-electron chi connectivity index (χ2n) is 5.28. The van der Waals surface area contributed by atoms with E-state index in [2.05, 4.69) is 22.6 Å². The number of halogens is 1. The molecule has 0 saturated heterocycles. The first-order chi connectivity index (χ1) is 7.67. The molecule has 102 valence electrons. The van der Waals surface area contributed by atoms with Gasteiger partial charge in [-0.15, -0.1) is 0 Å². The van der Waals surface area contributed by atoms with Crippen molar-refractivity contribution in [3.63, 3.8) is 0 Å². The van der Waals surface area contributed by atoms with Crippen molar-refractivity contribution in [2.24, 2.45) is 0 Å². The number of amides is 1. The molecule has 17 heavy (non-hydrogen) atoms. The molecule has 0 fully saturated rings. The van der Waals surface area contributed by atoms with Crippen LogP contribution in [0.25, 0.3) is 0 Å². The minimum Gasteiger partial charge on any atom is -0.444 e. The molecule has 1 unspecified atom stereocenters. The number of ether oxygens (including phenoxy) is 2. The first-order valence-electron chi connectivity index (χ1n) is 5.76. The lowest BCUT2D eigenvalue weighted by molar-refractivity contribution is -0.0183. The number of alkyl halides is 1. The van der Waals surface area contributed by atoms with Crippen LogP contribution < -0.4 is 0 Å². The van der Waals surface area contributed by atoms with Crippen molar-refractivity contribution in [1.29, 1.82) is 0 Å². The normalized spacial score (nSPS) is 15.2. The number of likely N-dealkylation sites (N-methyl/N-ethyl adjacent to an activating group) is 1. The monoisotopic (exact) mass is 357 g/mol. The van der Waals surface area contributed by atoms with Crippen LogP contribution in [0.3, 0.4) is 0 Å². The van der Waals surface area contributed by atoms with Crippen LogP contribution in [-0.2, 0) is 9.47 Å². The highest BCUT2D eigenvalue weighted by atomic mass is 127. The first-order valence-corrected chi connectivity index (χ1v) is 7.29. The van der Waals surface area contributed by atoms with Crippen molar-refractivity contribution in [1.82, 2.24) is 4.90 Å². The third-order valence-electron chi connectivity index (χ3n) is 2.33. The van der Waals surface area contributed by atoms with Crippen LogP contribution >= 0.6 is 22.6 Å². The van der Waals surface area contributed by atoms with Gasteiger partial charge in [0.15, 0.2) is 0 Å². The van der Waals surface area contributed by atoms with Gasteiger partial charge < -0.3 is 14.4 Å². The molecule has 0 aromatic carbocycles. The van der Waals surface area contributed by atoms with Crippen molar-refractivity contribution in [2.75, 3.05) is 24.6 Å². The van der Waals surface area contributed by atoms with Crippen LogP contribution in [0.2, 0.25) is 0 Å². The predicted molar refractivity (Wildman–Crippen MR) is 77.8 cm³/mol. The maximum atomic E-state index is 11.9. The molecule has 1 atom stereocenters. The van der Waals surface area contributed by atoms with Gasteiger partial charge in [-0.05, 0) is 34.6 Å². The number of hydrogen-bond acceptors (Lipinski definition) is 3. The van der Waals surface area contributed by atoms with Crippen LogP contribution in [0, 0.1) is 0 Å². The molecular formula is C12H24INO3. The SMILES string of the molecule is CCN(CC(C)(CI)OC)C(=O)OC(C)(C)C. The van der Waals surface area contributed by atoms with Gasteiger partial charge in [-0.2, -0.15) is 0 Å². The largest absolute Gasteiger partial charge is 0.444 e. The van der Waals surface area contributed by atoms with Crippen molar-refractivity contribution in [3.8, 4) is 0 Å². The average molecular weight is 357 g/mol. The maximum absolute atomic E-state index is 11.9. The van der Waals surface area contributed by atoms with E-state index in [4.69, 9.17) is 9.47 Å². The minimum absolute atomic E-state index is 0.284. The Hall–Kier alpha value is -0.0400. The quantitative estimate of drug-likeness (QED) is 0.561. The Bertz CT molecular complexity index is 247. The Morgan fingerprint density at radius 2 is 1.82 bits per heavy atom. The van der Waals surface area contributed by atoms with Crippen molar-refractivity contribution >= 4 is 28.7 Å². The summed E-state index contributed by atoms with van der Waals surface area (Å²) in [6, 6.07) is 0. The molecule has 0 bridgehead atoms. The van der Waals surface area contributed by atoms with Gasteiger partial charge in [0.2, 0.25) is 0 Å². The summed E-state index contributed by atoms with van der Waals surface area (Å²) in [6.45, 7) is 10.7. The number of methoxy groups -OCH3 is 1. The van der Waals surface area contributed by atoms with E-state index in [0.29, 0.717) is 13.1 Å². The fraction of sp³-hybridized carbons (Fsp3) is 0.917. The molecule has 0 heterocycles. The summed E-state index contributed by atoms with van der Waals surface area (Å²) in [7, 11) is 1.67. The smallest absolute Gasteiger partial charge is 0.410 e. The van der Waals surface area contributed by atoms with Crippen molar-refractivity contribution < 1.29 is 14.3 Å². The zero-order chi connectivity index (χ0) is 13.7. The third kappa shape index (κ3) is 6.45. The minimum atomic E-state index is -0.460. The van der Waals surface area contributed by atoms with Crippen LogP contribution in [-0.4, -0.2) is 46.8 Å². The highest BCUT2D eigenvalue weighted by Gasteiger charge is 2.29. The highest BCUT2D eigenvalue weighted by molar-refractivity contribution is 14.1. The Morgan fingerprint density at radius 3 is 2.12 bits per heavy atom. The van der Waals surface area contributed by atoms with E-state index in [9.17, 15) is 4.79 Å². The molecule has 0 aliphatic carbocycles. The fourth-order valence-corrected chi connectivity index (χ4v) is 1.75. The average Bonchev–Trinajstić information content (AvgIpc) is 2.23. The Morgan fingerprint density at radius 1 is 1.29 bits per heavy atom. The summed E-state index contributed by atoms with van der Waals surface area (Å²) in [5.41, 5.74) is -0.786. The van der Waals surface area contributed by atoms with E-state index in [-0.39, 0.29) is 11.7 Å². The van der Waals surface area contributed by atoms with Gasteiger partial charge in [-0.25, -0.2) is 4.79 Å². The predicted octanol–water partition coefficient (Wildman–Crippen LogP) is 3.08. The van der Waals surface area contributed by atoms with E-state index in [1.807, 2.05) is 34.6 Å². The van der Waals surface area contributed by atoms with Crippen LogP contribution in [0.5, 0.6) is 0 Å². The second-order valence-corrected chi connectivity index (χ2v) is 6.04. The van der Waals surface area contributed by atoms with Gasteiger partial charge in [0.1, 0.15) is 5.60 Å². The standard InChI is InChI=1S/C12H24INO3/c1-7-14(9-12(5,8-13)16-6)10(15)17-11(2,3)4/h7-9H2,1-6H3. The molecule has 5 heteroatoms. The molecule has 0 aromatic rings. The van der Waals surface area contributed by atoms with Gasteiger partial charge in [0.05, 0.1) is 12.1 Å². The van der Waals surface area contributed by atoms with E-state index >= 15 is 0 Å². The van der Waals surface area contributed by atoms with E-state index in [1.54, 1.807) is 12.0 Å². The first kappa shape index (κ1) is 17.0. The number of carbonyl (C=O) groups is 1. The topological polar surface area (TPSA) is 38.8 Å². The molecule has 0 spiro atoms. The summed E-state index contributed by atoms with van der Waals surface area (Å²) in [6.07, 6.45) is -0.284. The third-order valence-corrected chi connectivity index (χ3v) is 3.95. The molecule has 1 amide bonds. The lowest BCUT2D eigenvalue weighted by Crippen LogP contribution is -2.47. The van der Waals surface area contributed by atoms with Gasteiger partial charge in [0.25, 0.3) is 0 Å². The van der Waals surface area contributed by atoms with Gasteiger partial charge in [-0.3, -0.25) is 0 Å². The molecule has 0 aliphatic rings. The van der Waals surface area contributed by atoms with Gasteiger partial charge >= 0.3 is 6.09 Å². The summed E-state index contributed by atoms with van der Waals surface area (Å²) in [4.78, 5) is 13.6. The summed E-state index contributed by atoms with van der Waals surface area (Å²) in [5, 5.41) is 0. The van der Waals surface area contributed by atoms with Gasteiger partial charge in [-0.1, -0.05) is 22.6 Å². The number of rotatable bonds is 5. The summed E-state index contributed by atoms with van der Waals surface area (Å²) < 4.78 is 11.6. The molecule has 0 rings (SSSR count). The van der Waals surface area contributed by atoms with Crippen LogP contribution in [0.15, 0.2) is 0 Å². The zero-order valence-electron chi connectivity index (χ0n) is 11.7. The summed E-state index contributed by atoms with van der Waals surface area (Å²) >= 11 is 2.26. The second kappa shape index (κ2) is 6.78. The fourth-order valence-electron chi connectivity index (χ4n) is 1.20. The zero-order valence-corrected chi connectivity index (χ0v) is 13.8. The number of hydrogen-bond donors (Lipinski definition) is 0. The molecule has 0 aliphatic heterocycles. The molecule has 4 nitrogen and oxygen atoms in total. The van der Waals surface area contributed by atoms with Crippen molar-refractivity contribution in [3.05, 3.63) is 0 Å². The molecule has 0 aromatic heterocycles. The maximum Gasteiger partial charge on any atom is 0.410 e. The van der Waals surface area contributed by atoms with E-state index in [1.165, 1.54) is 0 Å². The summed E-state index contributed by atoms with van der Waals surface area (Å²) in [5.74, 6) is 0. The molecular weight excluding hydrogens is 333 g/mol. The number of nitrogens with zero attached hydrogens (tertiary/aromatic N) is 1. The Labute approximate surface area is 118 Å². The molecule has 0 radical (unpaired) electrons. The number of carbonyl (C=O) groups excluding carboxylic acids is 1. The van der Waals surface area contributed by atoms with Crippen molar-refractivity contribution in [2.45, 2.75) is 45.8 Å². The van der Waals surface area contributed by atoms with E-state index < -0.39 is 5.60 Å². The lowest BCUT2D eigenvalue weighted by atomic mass is 10.1. The molecule has 0 N–H and O–H groups in total. The Kier molecular flexibility index (Phi) is 6.76. The Balaban J connectivity index is 4.58. The van der Waals surface area contributed by atoms with Gasteiger partial charge in [0, 0.05) is 18.1 Å². The van der Waals surface area contributed by atoms with Crippen LogP contribution in [0.4, 0.5) is 4.79 Å². The van der Waals surface area contributed by atoms with E-state index in [0.717, 1.165) is 4.43 Å².